The molecule has 0 amide bonds. The first kappa shape index (κ1) is 33.0. The number of hydrogen-bond acceptors (Lipinski definition) is 8. The van der Waals surface area contributed by atoms with Crippen LogP contribution in [0.3, 0.4) is 0 Å². The third-order valence-electron chi connectivity index (χ3n) is 9.27. The molecule has 0 radical (unpaired) electrons. The van der Waals surface area contributed by atoms with Gasteiger partial charge in [-0.15, -0.1) is 11.3 Å². The van der Waals surface area contributed by atoms with Crippen LogP contribution in [0.2, 0.25) is 5.02 Å². The van der Waals surface area contributed by atoms with Gasteiger partial charge in [0, 0.05) is 58.6 Å². The molecule has 9 nitrogen and oxygen atoms in total. The van der Waals surface area contributed by atoms with Crippen LogP contribution in [0.25, 0.3) is 5.57 Å². The Morgan fingerprint density at radius 2 is 1.88 bits per heavy atom. The Morgan fingerprint density at radius 3 is 2.52 bits per heavy atom. The summed E-state index contributed by atoms with van der Waals surface area (Å²) in [6.45, 7) is -0.844. The van der Waals surface area contributed by atoms with E-state index in [1.165, 1.54) is 29.5 Å². The molecule has 2 atom stereocenters. The first-order valence-corrected chi connectivity index (χ1v) is 18.2. The van der Waals surface area contributed by atoms with Crippen LogP contribution in [-0.4, -0.2) is 57.2 Å². The van der Waals surface area contributed by atoms with Gasteiger partial charge in [-0.05, 0) is 74.4 Å². The zero-order valence-electron chi connectivity index (χ0n) is 25.7. The van der Waals surface area contributed by atoms with Crippen molar-refractivity contribution >= 4 is 44.4 Å². The smallest absolute Gasteiger partial charge is 0.333 e. The molecular formula is C33H32ClF3N6O3S2. The van der Waals surface area contributed by atoms with Crippen molar-refractivity contribution < 1.29 is 26.7 Å². The molecule has 0 unspecified atom stereocenters. The van der Waals surface area contributed by atoms with Crippen LogP contribution in [-0.2, 0) is 10.0 Å². The Morgan fingerprint density at radius 1 is 1.12 bits per heavy atom. The Kier molecular flexibility index (Phi) is 8.73. The molecule has 2 aromatic carbocycles. The number of aliphatic hydroxyl groups is 1. The van der Waals surface area contributed by atoms with E-state index in [4.69, 9.17) is 16.6 Å². The number of amidine groups is 1. The fourth-order valence-electron chi connectivity index (χ4n) is 6.81. The van der Waals surface area contributed by atoms with Gasteiger partial charge in [0.1, 0.15) is 11.9 Å². The fraction of sp³-hybridized carbons (Fsp3) is 0.364. The first-order valence-electron chi connectivity index (χ1n) is 15.5. The van der Waals surface area contributed by atoms with Crippen LogP contribution in [0.5, 0.6) is 0 Å². The predicted octanol–water partition coefficient (Wildman–Crippen LogP) is 6.90. The molecule has 15 heteroatoms. The highest BCUT2D eigenvalue weighted by Crippen LogP contribution is 2.46. The molecule has 1 saturated heterocycles. The molecule has 252 valence electrons. The van der Waals surface area contributed by atoms with Crippen molar-refractivity contribution in [1.82, 2.24) is 24.4 Å². The number of nitrogens with one attached hydrogen (secondary N) is 1. The summed E-state index contributed by atoms with van der Waals surface area (Å²) in [7, 11) is -3.96. The van der Waals surface area contributed by atoms with Gasteiger partial charge in [0.15, 0.2) is 10.8 Å². The Bertz CT molecular complexity index is 1990. The highest BCUT2D eigenvalue weighted by molar-refractivity contribution is 7.89. The lowest BCUT2D eigenvalue weighted by molar-refractivity contribution is 0.0171. The van der Waals surface area contributed by atoms with E-state index in [2.05, 4.69) is 14.8 Å². The minimum absolute atomic E-state index is 0.0967. The Hall–Kier alpha value is -3.56. The molecule has 2 N–H and O–H groups in total. The minimum atomic E-state index is -3.96. The van der Waals surface area contributed by atoms with Gasteiger partial charge in [-0.25, -0.2) is 27.2 Å². The maximum Gasteiger partial charge on any atom is 0.333 e. The number of aromatic nitrogens is 3. The molecule has 0 spiro atoms. The zero-order valence-corrected chi connectivity index (χ0v) is 28.1. The van der Waals surface area contributed by atoms with E-state index in [0.717, 1.165) is 30.7 Å². The lowest BCUT2D eigenvalue weighted by Crippen LogP contribution is -2.39. The van der Waals surface area contributed by atoms with E-state index in [1.807, 2.05) is 24.0 Å². The Labute approximate surface area is 284 Å². The van der Waals surface area contributed by atoms with Crippen LogP contribution in [0.1, 0.15) is 79.4 Å². The summed E-state index contributed by atoms with van der Waals surface area (Å²) < 4.78 is 72.2. The number of hydrogen-bond donors (Lipinski definition) is 2. The molecule has 2 aromatic heterocycles. The number of fused-ring (bicyclic) bond motifs is 1. The van der Waals surface area contributed by atoms with Gasteiger partial charge in [-0.3, -0.25) is 4.99 Å². The summed E-state index contributed by atoms with van der Waals surface area (Å²) in [5.41, 5.74) is 2.11. The molecule has 1 saturated carbocycles. The van der Waals surface area contributed by atoms with E-state index in [1.54, 1.807) is 23.7 Å². The van der Waals surface area contributed by atoms with Crippen LogP contribution in [0.4, 0.5) is 13.2 Å². The third-order valence-corrected chi connectivity index (χ3v) is 11.9. The van der Waals surface area contributed by atoms with Crippen LogP contribution >= 0.6 is 22.9 Å². The standard InChI is InChI=1S/C33H32ClF3N6O3S2/c1-33(44)11-8-20(9-12-33)19-2-5-23(6-3-19)48(45,46)41-22-17-27-28(26-10-14-43(40-26)32(36)37)29(24-7-4-21(35)16-25(24)34)39-30(42(27)18-22)31-38-13-15-47-31/h2-7,10,13-16,20,22,29,32,41,44H,8-9,11-12,17-18H2,1H3/t20?,22-,29-,33?/m0/s1. The van der Waals surface area contributed by atoms with Gasteiger partial charge in [0.25, 0.3) is 0 Å². The first-order chi connectivity index (χ1) is 22.9. The highest BCUT2D eigenvalue weighted by atomic mass is 35.5. The number of aliphatic imine (C=N–C) groups is 1. The number of rotatable bonds is 8. The molecule has 2 aliphatic heterocycles. The molecule has 0 bridgehead atoms. The SMILES string of the molecule is CC1(O)CCC(c2ccc(S(=O)(=O)N[C@H]3CC4=C(c5ccn(C(F)F)n5)[C@H](c5ccc(F)cc5Cl)N=C(c5nccs5)N4C3)cc2)CC1. The van der Waals surface area contributed by atoms with E-state index in [-0.39, 0.29) is 34.5 Å². The molecular weight excluding hydrogens is 685 g/mol. The average Bonchev–Trinajstić information content (AvgIpc) is 3.82. The van der Waals surface area contributed by atoms with Gasteiger partial charge < -0.3 is 10.0 Å². The zero-order chi connectivity index (χ0) is 33.8. The molecule has 4 heterocycles. The maximum absolute atomic E-state index is 14.1. The molecule has 2 fully saturated rings. The largest absolute Gasteiger partial charge is 0.390 e. The maximum atomic E-state index is 14.1. The average molecular weight is 717 g/mol. The second kappa shape index (κ2) is 12.7. The second-order valence-electron chi connectivity index (χ2n) is 12.7. The van der Waals surface area contributed by atoms with Crippen molar-refractivity contribution in [1.29, 1.82) is 0 Å². The van der Waals surface area contributed by atoms with Crippen LogP contribution in [0.15, 0.2) is 81.9 Å². The summed E-state index contributed by atoms with van der Waals surface area (Å²) in [6.07, 6.45) is 6.02. The van der Waals surface area contributed by atoms with Crippen molar-refractivity contribution in [3.05, 3.63) is 105 Å². The summed E-state index contributed by atoms with van der Waals surface area (Å²) in [6, 6.07) is 10.8. The normalized spacial score (nSPS) is 24.7. The highest BCUT2D eigenvalue weighted by Gasteiger charge is 2.42. The monoisotopic (exact) mass is 716 g/mol. The van der Waals surface area contributed by atoms with E-state index in [9.17, 15) is 26.7 Å². The predicted molar refractivity (Wildman–Crippen MR) is 177 cm³/mol. The van der Waals surface area contributed by atoms with E-state index < -0.39 is 40.1 Å². The van der Waals surface area contributed by atoms with Crippen molar-refractivity contribution in [3.63, 3.8) is 0 Å². The van der Waals surface area contributed by atoms with Crippen molar-refractivity contribution in [2.45, 2.75) is 74.1 Å². The lowest BCUT2D eigenvalue weighted by atomic mass is 9.77. The van der Waals surface area contributed by atoms with Crippen LogP contribution < -0.4 is 4.72 Å². The van der Waals surface area contributed by atoms with Gasteiger partial charge in [0.2, 0.25) is 10.0 Å². The van der Waals surface area contributed by atoms with Crippen LogP contribution in [0, 0.1) is 5.82 Å². The summed E-state index contributed by atoms with van der Waals surface area (Å²) in [5.74, 6) is 0.169. The molecule has 7 rings (SSSR count). The van der Waals surface area contributed by atoms with E-state index >= 15 is 0 Å². The topological polar surface area (TPSA) is 113 Å². The van der Waals surface area contributed by atoms with E-state index in [0.29, 0.717) is 45.2 Å². The molecule has 48 heavy (non-hydrogen) atoms. The lowest BCUT2D eigenvalue weighted by Gasteiger charge is -2.33. The van der Waals surface area contributed by atoms with Gasteiger partial charge >= 0.3 is 6.55 Å². The number of sulfonamides is 1. The number of thiazole rings is 1. The summed E-state index contributed by atoms with van der Waals surface area (Å²) in [5, 5.41) is 16.9. The third kappa shape index (κ3) is 6.43. The van der Waals surface area contributed by atoms with Crippen molar-refractivity contribution in [3.8, 4) is 0 Å². The Balaban J connectivity index is 1.23. The number of halogens is 4. The second-order valence-corrected chi connectivity index (χ2v) is 15.7. The van der Waals surface area contributed by atoms with Crippen molar-refractivity contribution in [2.75, 3.05) is 6.54 Å². The quantitative estimate of drug-likeness (QED) is 0.205. The number of nitrogens with zero attached hydrogens (tertiary/aromatic N) is 5. The summed E-state index contributed by atoms with van der Waals surface area (Å²) >= 11 is 7.88. The van der Waals surface area contributed by atoms with Gasteiger partial charge in [-0.2, -0.15) is 13.9 Å². The van der Waals surface area contributed by atoms with Gasteiger partial charge in [0.05, 0.1) is 16.2 Å². The van der Waals surface area contributed by atoms with Crippen molar-refractivity contribution in [2.24, 2.45) is 4.99 Å². The summed E-state index contributed by atoms with van der Waals surface area (Å²) in [4.78, 5) is 11.4. The molecule has 1 aliphatic carbocycles. The minimum Gasteiger partial charge on any atom is -0.390 e. The molecule has 3 aliphatic rings. The fourth-order valence-corrected chi connectivity index (χ4v) is 8.95. The number of benzene rings is 2. The number of alkyl halides is 2. The van der Waals surface area contributed by atoms with Gasteiger partial charge in [-0.1, -0.05) is 29.8 Å². The molecule has 4 aromatic rings.